The minimum absolute atomic E-state index is 0.0248. The van der Waals surface area contributed by atoms with E-state index in [0.717, 1.165) is 30.6 Å². The summed E-state index contributed by atoms with van der Waals surface area (Å²) >= 11 is 0. The number of ketones is 1. The van der Waals surface area contributed by atoms with Crippen molar-refractivity contribution in [1.82, 2.24) is 0 Å². The van der Waals surface area contributed by atoms with Gasteiger partial charge in [0.2, 0.25) is 0 Å². The Morgan fingerprint density at radius 3 is 2.05 bits per heavy atom. The SMILES string of the molecule is CC(C)(C)[Si](OC1CC[C@@]2(C)[C@@H](CC[C@H]3[C@@H]4CC(=O)C[C@@]4(C)CC[C@@H]32)C1)(c1ccccc1)c1ccccc1. The molecule has 2 aromatic carbocycles. The molecule has 2 nitrogen and oxygen atoms in total. The second-order valence-electron chi connectivity index (χ2n) is 14.9. The summed E-state index contributed by atoms with van der Waals surface area (Å²) in [6.45, 7) is 12.3. The Kier molecular flexibility index (Phi) is 6.59. The molecule has 6 rings (SSSR count). The molecule has 7 atom stereocenters. The number of rotatable bonds is 4. The lowest BCUT2D eigenvalue weighted by atomic mass is 9.45. The molecule has 0 N–H and O–H groups in total. The van der Waals surface area contributed by atoms with Crippen LogP contribution in [-0.4, -0.2) is 20.2 Å². The molecule has 1 unspecified atom stereocenters. The molecule has 0 aliphatic heterocycles. The van der Waals surface area contributed by atoms with Gasteiger partial charge in [0.05, 0.1) is 0 Å². The number of benzene rings is 2. The van der Waals surface area contributed by atoms with Crippen LogP contribution in [0.15, 0.2) is 60.7 Å². The minimum Gasteiger partial charge on any atom is -0.404 e. The molecule has 3 heteroatoms. The summed E-state index contributed by atoms with van der Waals surface area (Å²) in [5.41, 5.74) is 0.687. The second kappa shape index (κ2) is 9.44. The average Bonchev–Trinajstić information content (AvgIpc) is 3.21. The zero-order valence-electron chi connectivity index (χ0n) is 24.3. The van der Waals surface area contributed by atoms with E-state index in [0.29, 0.717) is 23.2 Å². The first-order chi connectivity index (χ1) is 18.1. The lowest BCUT2D eigenvalue weighted by molar-refractivity contribution is -0.119. The molecular weight excluding hydrogens is 480 g/mol. The van der Waals surface area contributed by atoms with Crippen LogP contribution in [0, 0.1) is 34.5 Å². The highest BCUT2D eigenvalue weighted by Crippen LogP contribution is 2.66. The van der Waals surface area contributed by atoms with Gasteiger partial charge in [0.25, 0.3) is 8.32 Å². The molecule has 2 aromatic rings. The molecule has 0 bridgehead atoms. The third-order valence-corrected chi connectivity index (χ3v) is 17.0. The summed E-state index contributed by atoms with van der Waals surface area (Å²) in [5, 5.41) is 2.82. The van der Waals surface area contributed by atoms with Crippen LogP contribution in [0.4, 0.5) is 0 Å². The van der Waals surface area contributed by atoms with Crippen LogP contribution >= 0.6 is 0 Å². The van der Waals surface area contributed by atoms with E-state index in [4.69, 9.17) is 4.43 Å². The van der Waals surface area contributed by atoms with Gasteiger partial charge in [-0.1, -0.05) is 95.3 Å². The van der Waals surface area contributed by atoms with E-state index in [1.807, 2.05) is 0 Å². The third kappa shape index (κ3) is 4.10. The van der Waals surface area contributed by atoms with E-state index in [2.05, 4.69) is 95.3 Å². The minimum atomic E-state index is -2.52. The standard InChI is InChI=1S/C35H48O2Si/c1-33(2,3)38(28-12-8-6-9-13-28,29-14-10-7-11-15-29)37-27-18-21-35(5)25(22-27)16-17-30-31(35)19-20-34(4)24-26(36)23-32(30)34/h6-15,25,27,30-32H,16-24H2,1-5H3/t25-,27?,30+,31-,32-,34+,35-/m0/s1. The molecule has 0 heterocycles. The van der Waals surface area contributed by atoms with E-state index in [1.165, 1.54) is 55.3 Å². The maximum absolute atomic E-state index is 12.5. The van der Waals surface area contributed by atoms with Crippen LogP contribution in [0.5, 0.6) is 0 Å². The summed E-state index contributed by atoms with van der Waals surface area (Å²) in [6.07, 6.45) is 10.9. The van der Waals surface area contributed by atoms with Crippen molar-refractivity contribution in [2.24, 2.45) is 34.5 Å². The first-order valence-electron chi connectivity index (χ1n) is 15.4. The summed E-state index contributed by atoms with van der Waals surface area (Å²) < 4.78 is 7.64. The van der Waals surface area contributed by atoms with Crippen LogP contribution < -0.4 is 10.4 Å². The quantitative estimate of drug-likeness (QED) is 0.383. The van der Waals surface area contributed by atoms with Crippen LogP contribution in [0.2, 0.25) is 5.04 Å². The molecule has 0 aromatic heterocycles. The Morgan fingerprint density at radius 2 is 1.45 bits per heavy atom. The average molecular weight is 529 g/mol. The number of hydrogen-bond donors (Lipinski definition) is 0. The summed E-state index contributed by atoms with van der Waals surface area (Å²) in [4.78, 5) is 12.5. The molecule has 4 saturated carbocycles. The van der Waals surface area contributed by atoms with E-state index in [-0.39, 0.29) is 10.5 Å². The normalized spacial score (nSPS) is 37.3. The van der Waals surface area contributed by atoms with Gasteiger partial charge in [0.15, 0.2) is 0 Å². The molecule has 204 valence electrons. The summed E-state index contributed by atoms with van der Waals surface area (Å²) in [6, 6.07) is 22.3. The van der Waals surface area contributed by atoms with Crippen LogP contribution in [0.25, 0.3) is 0 Å². The molecule has 4 fully saturated rings. The summed E-state index contributed by atoms with van der Waals surface area (Å²) in [5.74, 6) is 3.46. The topological polar surface area (TPSA) is 26.3 Å². The van der Waals surface area contributed by atoms with Gasteiger partial charge in [-0.2, -0.15) is 0 Å². The van der Waals surface area contributed by atoms with Gasteiger partial charge < -0.3 is 4.43 Å². The van der Waals surface area contributed by atoms with Crippen molar-refractivity contribution in [3.63, 3.8) is 0 Å². The highest BCUT2D eigenvalue weighted by molar-refractivity contribution is 6.99. The number of Topliss-reactive ketones (excluding diaryl/α,β-unsaturated/α-hetero) is 1. The smallest absolute Gasteiger partial charge is 0.261 e. The fraction of sp³-hybridized carbons (Fsp3) is 0.629. The molecular formula is C35H48O2Si. The predicted octanol–water partition coefficient (Wildman–Crippen LogP) is 7.54. The van der Waals surface area contributed by atoms with Crippen molar-refractivity contribution in [2.45, 2.75) is 104 Å². The number of hydrogen-bond acceptors (Lipinski definition) is 2. The molecule has 0 saturated heterocycles. The lowest BCUT2D eigenvalue weighted by Gasteiger charge is -2.61. The van der Waals surface area contributed by atoms with Crippen molar-refractivity contribution in [1.29, 1.82) is 0 Å². The highest BCUT2D eigenvalue weighted by atomic mass is 28.4. The number of fused-ring (bicyclic) bond motifs is 5. The predicted molar refractivity (Wildman–Crippen MR) is 159 cm³/mol. The van der Waals surface area contributed by atoms with Gasteiger partial charge in [-0.15, -0.1) is 0 Å². The fourth-order valence-electron chi connectivity index (χ4n) is 10.0. The maximum atomic E-state index is 12.5. The monoisotopic (exact) mass is 528 g/mol. The zero-order valence-corrected chi connectivity index (χ0v) is 25.3. The van der Waals surface area contributed by atoms with Gasteiger partial charge in [-0.3, -0.25) is 4.79 Å². The molecule has 4 aliphatic carbocycles. The van der Waals surface area contributed by atoms with E-state index in [1.54, 1.807) is 0 Å². The van der Waals surface area contributed by atoms with E-state index in [9.17, 15) is 4.79 Å². The molecule has 0 spiro atoms. The van der Waals surface area contributed by atoms with Crippen molar-refractivity contribution < 1.29 is 9.22 Å². The van der Waals surface area contributed by atoms with Crippen LogP contribution in [-0.2, 0) is 9.22 Å². The molecule has 38 heavy (non-hydrogen) atoms. The summed E-state index contributed by atoms with van der Waals surface area (Å²) in [7, 11) is -2.52. The zero-order chi connectivity index (χ0) is 26.8. The van der Waals surface area contributed by atoms with Crippen LogP contribution in [0.3, 0.4) is 0 Å². The Balaban J connectivity index is 1.29. The Labute approximate surface area is 232 Å². The van der Waals surface area contributed by atoms with Crippen LogP contribution in [0.1, 0.15) is 92.4 Å². The van der Waals surface area contributed by atoms with Crippen molar-refractivity contribution >= 4 is 24.5 Å². The lowest BCUT2D eigenvalue weighted by Crippen LogP contribution is -2.68. The van der Waals surface area contributed by atoms with Crippen molar-refractivity contribution in [2.75, 3.05) is 0 Å². The Morgan fingerprint density at radius 1 is 0.816 bits per heavy atom. The maximum Gasteiger partial charge on any atom is 0.261 e. The van der Waals surface area contributed by atoms with Gasteiger partial charge in [-0.05, 0) is 94.9 Å². The molecule has 4 aliphatic rings. The second-order valence-corrected chi connectivity index (χ2v) is 19.2. The van der Waals surface area contributed by atoms with Gasteiger partial charge in [-0.25, -0.2) is 0 Å². The van der Waals surface area contributed by atoms with E-state index < -0.39 is 8.32 Å². The van der Waals surface area contributed by atoms with Gasteiger partial charge in [0, 0.05) is 18.9 Å². The number of carbonyl (C=O) groups excluding carboxylic acids is 1. The first-order valence-corrected chi connectivity index (χ1v) is 17.3. The number of carbonyl (C=O) groups is 1. The highest BCUT2D eigenvalue weighted by Gasteiger charge is 2.60. The van der Waals surface area contributed by atoms with Gasteiger partial charge >= 0.3 is 0 Å². The largest absolute Gasteiger partial charge is 0.404 e. The fourth-order valence-corrected chi connectivity index (χ4v) is 14.8. The Hall–Kier alpha value is -1.71. The van der Waals surface area contributed by atoms with E-state index >= 15 is 0 Å². The van der Waals surface area contributed by atoms with Crippen molar-refractivity contribution in [3.8, 4) is 0 Å². The van der Waals surface area contributed by atoms with Gasteiger partial charge in [0.1, 0.15) is 5.78 Å². The first kappa shape index (κ1) is 26.5. The molecule has 0 amide bonds. The third-order valence-electron chi connectivity index (χ3n) is 11.9. The van der Waals surface area contributed by atoms with Crippen molar-refractivity contribution in [3.05, 3.63) is 60.7 Å². The Bertz CT molecular complexity index is 1110. The molecule has 0 radical (unpaired) electrons.